The van der Waals surface area contributed by atoms with E-state index >= 15 is 0 Å². The molecule has 0 bridgehead atoms. The number of rotatable bonds is 3. The first-order chi connectivity index (χ1) is 12.8. The number of hydrogen-bond donors (Lipinski definition) is 2. The summed E-state index contributed by atoms with van der Waals surface area (Å²) in [5, 5.41) is 12.3. The zero-order chi connectivity index (χ0) is 19.7. The third-order valence-electron chi connectivity index (χ3n) is 5.14. The highest BCUT2D eigenvalue weighted by Gasteiger charge is 2.38. The molecule has 7 heteroatoms. The van der Waals surface area contributed by atoms with E-state index in [1.165, 1.54) is 13.1 Å². The third kappa shape index (κ3) is 3.34. The largest absolute Gasteiger partial charge is 0.366 e. The first-order valence-corrected chi connectivity index (χ1v) is 8.69. The van der Waals surface area contributed by atoms with Gasteiger partial charge in [-0.3, -0.25) is 9.59 Å². The van der Waals surface area contributed by atoms with Crippen LogP contribution in [0.25, 0.3) is 0 Å². The van der Waals surface area contributed by atoms with Crippen molar-refractivity contribution < 1.29 is 9.59 Å². The predicted molar refractivity (Wildman–Crippen MR) is 102 cm³/mol. The Balaban J connectivity index is 2.08. The summed E-state index contributed by atoms with van der Waals surface area (Å²) in [4.78, 5) is 29.9. The summed E-state index contributed by atoms with van der Waals surface area (Å²) in [6.45, 7) is 5.57. The fourth-order valence-electron chi connectivity index (χ4n) is 3.56. The monoisotopic (exact) mass is 363 g/mol. The number of amides is 2. The zero-order valence-corrected chi connectivity index (χ0v) is 15.4. The quantitative estimate of drug-likeness (QED) is 0.870. The second-order valence-corrected chi connectivity index (χ2v) is 6.79. The number of nitrogens with two attached hydrogens (primary N) is 1. The number of nitriles is 1. The van der Waals surface area contributed by atoms with E-state index in [0.717, 1.165) is 11.3 Å². The molecule has 0 aliphatic carbocycles. The lowest BCUT2D eigenvalue weighted by atomic mass is 9.82. The Bertz CT molecular complexity index is 932. The second kappa shape index (κ2) is 7.08. The maximum Gasteiger partial charge on any atom is 0.248 e. The van der Waals surface area contributed by atoms with Crippen molar-refractivity contribution in [3.05, 3.63) is 53.2 Å². The van der Waals surface area contributed by atoms with Crippen LogP contribution in [0, 0.1) is 17.2 Å². The van der Waals surface area contributed by atoms with Crippen LogP contribution in [0.15, 0.2) is 36.5 Å². The van der Waals surface area contributed by atoms with Crippen molar-refractivity contribution in [2.75, 3.05) is 10.2 Å². The van der Waals surface area contributed by atoms with Crippen LogP contribution in [0.4, 0.5) is 11.5 Å². The lowest BCUT2D eigenvalue weighted by Gasteiger charge is -2.44. The van der Waals surface area contributed by atoms with E-state index in [1.807, 2.05) is 19.9 Å². The summed E-state index contributed by atoms with van der Waals surface area (Å²) in [6.07, 6.45) is 1.50. The van der Waals surface area contributed by atoms with E-state index in [4.69, 9.17) is 11.0 Å². The first kappa shape index (κ1) is 18.4. The molecule has 27 heavy (non-hydrogen) atoms. The van der Waals surface area contributed by atoms with E-state index in [2.05, 4.69) is 10.3 Å². The van der Waals surface area contributed by atoms with E-state index < -0.39 is 5.91 Å². The van der Waals surface area contributed by atoms with Gasteiger partial charge in [-0.1, -0.05) is 6.92 Å². The van der Waals surface area contributed by atoms with Gasteiger partial charge in [0.2, 0.25) is 11.8 Å². The number of nitrogens with one attached hydrogen (secondary N) is 1. The summed E-state index contributed by atoms with van der Waals surface area (Å²) < 4.78 is 0. The first-order valence-electron chi connectivity index (χ1n) is 8.69. The molecule has 1 aliphatic rings. The molecule has 0 radical (unpaired) electrons. The number of anilines is 2. The number of benzene rings is 1. The van der Waals surface area contributed by atoms with Crippen LogP contribution < -0.4 is 16.0 Å². The number of nitrogens with zero attached hydrogens (tertiary/aromatic N) is 3. The molecular formula is C20H21N5O2. The van der Waals surface area contributed by atoms with Gasteiger partial charge in [-0.05, 0) is 42.8 Å². The summed E-state index contributed by atoms with van der Waals surface area (Å²) in [7, 11) is 0. The average Bonchev–Trinajstić information content (AvgIpc) is 2.65. The van der Waals surface area contributed by atoms with Crippen molar-refractivity contribution in [1.82, 2.24) is 4.98 Å². The van der Waals surface area contributed by atoms with Gasteiger partial charge in [-0.2, -0.15) is 5.26 Å². The molecule has 3 N–H and O–H groups in total. The molecule has 3 rings (SSSR count). The maximum atomic E-state index is 12.2. The molecule has 3 unspecified atom stereocenters. The van der Waals surface area contributed by atoms with Crippen molar-refractivity contribution in [2.45, 2.75) is 32.9 Å². The van der Waals surface area contributed by atoms with Gasteiger partial charge in [0, 0.05) is 36.3 Å². The van der Waals surface area contributed by atoms with Gasteiger partial charge in [0.05, 0.1) is 11.6 Å². The van der Waals surface area contributed by atoms with Gasteiger partial charge in [0.15, 0.2) is 0 Å². The number of carbonyl (C=O) groups is 2. The van der Waals surface area contributed by atoms with Crippen LogP contribution in [0.2, 0.25) is 0 Å². The average molecular weight is 363 g/mol. The molecular weight excluding hydrogens is 342 g/mol. The summed E-state index contributed by atoms with van der Waals surface area (Å²) in [6, 6.07) is 10.4. The maximum absolute atomic E-state index is 12.2. The summed E-state index contributed by atoms with van der Waals surface area (Å²) in [5.41, 5.74) is 7.89. The molecule has 0 saturated heterocycles. The minimum Gasteiger partial charge on any atom is -0.366 e. The Kier molecular flexibility index (Phi) is 4.82. The minimum atomic E-state index is -0.520. The number of carbonyl (C=O) groups excluding carboxylic acids is 2. The van der Waals surface area contributed by atoms with Crippen molar-refractivity contribution in [3.63, 3.8) is 0 Å². The van der Waals surface area contributed by atoms with Gasteiger partial charge in [0.25, 0.3) is 0 Å². The number of pyridine rings is 1. The van der Waals surface area contributed by atoms with Gasteiger partial charge in [-0.15, -0.1) is 0 Å². The summed E-state index contributed by atoms with van der Waals surface area (Å²) >= 11 is 0. The Labute approximate surface area is 157 Å². The standard InChI is InChI=1S/C20H21N5O2/c1-11-12(2)25(13(3)26)17-6-5-15(20(22)27)8-16(17)19(11)24-18-7-4-14(9-21)10-23-18/h4-8,10-12,19H,1-3H3,(H2,22,27)(H,23,24). The van der Waals surface area contributed by atoms with Crippen LogP contribution in [0.3, 0.4) is 0 Å². The Morgan fingerprint density at radius 3 is 2.56 bits per heavy atom. The van der Waals surface area contributed by atoms with E-state index in [1.54, 1.807) is 35.2 Å². The highest BCUT2D eigenvalue weighted by atomic mass is 16.2. The van der Waals surface area contributed by atoms with Crippen LogP contribution in [0.1, 0.15) is 48.3 Å². The van der Waals surface area contributed by atoms with Crippen LogP contribution in [0.5, 0.6) is 0 Å². The van der Waals surface area contributed by atoms with Crippen molar-refractivity contribution >= 4 is 23.3 Å². The van der Waals surface area contributed by atoms with Gasteiger partial charge >= 0.3 is 0 Å². The molecule has 1 aromatic heterocycles. The molecule has 1 aromatic carbocycles. The van der Waals surface area contributed by atoms with Crippen LogP contribution in [-0.2, 0) is 4.79 Å². The zero-order valence-electron chi connectivity index (χ0n) is 15.4. The van der Waals surface area contributed by atoms with Crippen LogP contribution >= 0.6 is 0 Å². The van der Waals surface area contributed by atoms with Gasteiger partial charge in [0.1, 0.15) is 11.9 Å². The van der Waals surface area contributed by atoms with E-state index in [0.29, 0.717) is 16.9 Å². The topological polar surface area (TPSA) is 112 Å². The number of primary amides is 1. The molecule has 3 atom stereocenters. The Morgan fingerprint density at radius 1 is 1.26 bits per heavy atom. The normalized spacial score (nSPS) is 21.1. The number of fused-ring (bicyclic) bond motifs is 1. The highest BCUT2D eigenvalue weighted by molar-refractivity contribution is 5.97. The molecule has 1 aliphatic heterocycles. The Hall–Kier alpha value is -3.40. The SMILES string of the molecule is CC(=O)N1c2ccc(C(N)=O)cc2C(Nc2ccc(C#N)cn2)C(C)C1C. The summed E-state index contributed by atoms with van der Waals surface area (Å²) in [5.74, 6) is 0.0813. The Morgan fingerprint density at radius 2 is 2.00 bits per heavy atom. The molecule has 7 nitrogen and oxygen atoms in total. The fourth-order valence-corrected chi connectivity index (χ4v) is 3.56. The molecule has 138 valence electrons. The predicted octanol–water partition coefficient (Wildman–Crippen LogP) is 2.60. The van der Waals surface area contributed by atoms with Crippen molar-refractivity contribution in [1.29, 1.82) is 5.26 Å². The molecule has 0 fully saturated rings. The van der Waals surface area contributed by atoms with Gasteiger partial charge < -0.3 is 16.0 Å². The lowest BCUT2D eigenvalue weighted by Crippen LogP contribution is -2.48. The molecule has 2 heterocycles. The molecule has 0 saturated carbocycles. The third-order valence-corrected chi connectivity index (χ3v) is 5.14. The van der Waals surface area contributed by atoms with Crippen molar-refractivity contribution in [2.24, 2.45) is 11.7 Å². The molecule has 2 amide bonds. The minimum absolute atomic E-state index is 0.0435. The van der Waals surface area contributed by atoms with Crippen molar-refractivity contribution in [3.8, 4) is 6.07 Å². The van der Waals surface area contributed by atoms with Crippen LogP contribution in [-0.4, -0.2) is 22.8 Å². The molecule has 0 spiro atoms. The van der Waals surface area contributed by atoms with Gasteiger partial charge in [-0.25, -0.2) is 4.98 Å². The van der Waals surface area contributed by atoms with E-state index in [9.17, 15) is 9.59 Å². The smallest absolute Gasteiger partial charge is 0.248 e. The second-order valence-electron chi connectivity index (χ2n) is 6.79. The lowest BCUT2D eigenvalue weighted by molar-refractivity contribution is -0.117. The fraction of sp³-hybridized carbons (Fsp3) is 0.300. The molecule has 2 aromatic rings. The number of hydrogen-bond acceptors (Lipinski definition) is 5. The number of aromatic nitrogens is 1. The van der Waals surface area contributed by atoms with E-state index in [-0.39, 0.29) is 23.9 Å². The highest BCUT2D eigenvalue weighted by Crippen LogP contribution is 2.42.